The molecule has 0 atom stereocenters. The molecule has 0 spiro atoms. The van der Waals surface area contributed by atoms with Gasteiger partial charge in [-0.2, -0.15) is 0 Å². The summed E-state index contributed by atoms with van der Waals surface area (Å²) in [6, 6.07) is 7.55. The van der Waals surface area contributed by atoms with E-state index in [1.807, 2.05) is 45.0 Å². The minimum Gasteiger partial charge on any atom is -0.491 e. The quantitative estimate of drug-likeness (QED) is 0.815. The number of rotatable bonds is 6. The van der Waals surface area contributed by atoms with E-state index >= 15 is 0 Å². The number of methoxy groups -OCH3 is 1. The third kappa shape index (κ3) is 6.99. The zero-order valence-electron chi connectivity index (χ0n) is 12.6. The van der Waals surface area contributed by atoms with E-state index in [0.717, 1.165) is 11.3 Å². The molecule has 0 aromatic heterocycles. The second-order valence-corrected chi connectivity index (χ2v) is 5.34. The van der Waals surface area contributed by atoms with Crippen molar-refractivity contribution in [3.8, 4) is 5.75 Å². The summed E-state index contributed by atoms with van der Waals surface area (Å²) in [5.74, 6) is 0.755. The second-order valence-electron chi connectivity index (χ2n) is 5.34. The third-order valence-corrected chi connectivity index (χ3v) is 2.29. The average molecular weight is 281 g/mol. The Bertz CT molecular complexity index is 426. The van der Waals surface area contributed by atoms with E-state index in [1.165, 1.54) is 0 Å². The van der Waals surface area contributed by atoms with Crippen molar-refractivity contribution < 1.29 is 19.0 Å². The zero-order valence-corrected chi connectivity index (χ0v) is 12.6. The summed E-state index contributed by atoms with van der Waals surface area (Å²) >= 11 is 0. The highest BCUT2D eigenvalue weighted by molar-refractivity contribution is 5.67. The van der Waals surface area contributed by atoms with Crippen molar-refractivity contribution in [2.45, 2.75) is 32.9 Å². The number of benzene rings is 1. The maximum absolute atomic E-state index is 11.5. The van der Waals surface area contributed by atoms with E-state index in [0.29, 0.717) is 19.8 Å². The average Bonchev–Trinajstić information content (AvgIpc) is 2.35. The minimum atomic E-state index is -0.491. The first-order chi connectivity index (χ1) is 9.40. The van der Waals surface area contributed by atoms with Crippen molar-refractivity contribution in [1.29, 1.82) is 0 Å². The van der Waals surface area contributed by atoms with E-state index < -0.39 is 11.7 Å². The van der Waals surface area contributed by atoms with Crippen LogP contribution >= 0.6 is 0 Å². The van der Waals surface area contributed by atoms with Gasteiger partial charge in [0.15, 0.2) is 0 Å². The highest BCUT2D eigenvalue weighted by Gasteiger charge is 2.15. The van der Waals surface area contributed by atoms with Crippen LogP contribution in [0.15, 0.2) is 24.3 Å². The van der Waals surface area contributed by atoms with Crippen LogP contribution < -0.4 is 10.1 Å². The smallest absolute Gasteiger partial charge is 0.407 e. The SMILES string of the molecule is COCCOc1cccc(CNC(=O)OC(C)(C)C)c1. The van der Waals surface area contributed by atoms with Crippen LogP contribution in [0.2, 0.25) is 0 Å². The van der Waals surface area contributed by atoms with Gasteiger partial charge in [0.2, 0.25) is 0 Å². The van der Waals surface area contributed by atoms with Gasteiger partial charge in [0, 0.05) is 13.7 Å². The molecule has 0 heterocycles. The lowest BCUT2D eigenvalue weighted by molar-refractivity contribution is 0.0523. The highest BCUT2D eigenvalue weighted by Crippen LogP contribution is 2.13. The normalized spacial score (nSPS) is 11.0. The predicted molar refractivity (Wildman–Crippen MR) is 76.9 cm³/mol. The van der Waals surface area contributed by atoms with Gasteiger partial charge in [-0.25, -0.2) is 4.79 Å². The fourth-order valence-electron chi connectivity index (χ4n) is 1.48. The van der Waals surface area contributed by atoms with Gasteiger partial charge in [-0.05, 0) is 38.5 Å². The molecule has 1 aromatic carbocycles. The standard InChI is InChI=1S/C15H23NO4/c1-15(2,3)20-14(17)16-11-12-6-5-7-13(10-12)19-9-8-18-4/h5-7,10H,8-9,11H2,1-4H3,(H,16,17). The van der Waals surface area contributed by atoms with Gasteiger partial charge in [-0.3, -0.25) is 0 Å². The summed E-state index contributed by atoms with van der Waals surface area (Å²) in [5, 5.41) is 2.71. The molecule has 112 valence electrons. The van der Waals surface area contributed by atoms with Crippen LogP contribution in [-0.2, 0) is 16.0 Å². The summed E-state index contributed by atoms with van der Waals surface area (Å²) in [7, 11) is 1.63. The topological polar surface area (TPSA) is 56.8 Å². The first kappa shape index (κ1) is 16.3. The van der Waals surface area contributed by atoms with Crippen LogP contribution in [0.4, 0.5) is 4.79 Å². The van der Waals surface area contributed by atoms with Gasteiger partial charge >= 0.3 is 6.09 Å². The van der Waals surface area contributed by atoms with Crippen molar-refractivity contribution in [2.75, 3.05) is 20.3 Å². The van der Waals surface area contributed by atoms with Gasteiger partial charge in [0.25, 0.3) is 0 Å². The molecule has 0 fully saturated rings. The number of ether oxygens (including phenoxy) is 3. The third-order valence-electron chi connectivity index (χ3n) is 2.29. The molecule has 1 aromatic rings. The first-order valence-corrected chi connectivity index (χ1v) is 6.58. The summed E-state index contributed by atoms with van der Waals surface area (Å²) in [6.07, 6.45) is -0.428. The molecule has 1 amide bonds. The molecule has 0 radical (unpaired) electrons. The Hall–Kier alpha value is -1.75. The van der Waals surface area contributed by atoms with Crippen LogP contribution in [0.3, 0.4) is 0 Å². The second kappa shape index (κ2) is 7.75. The van der Waals surface area contributed by atoms with Gasteiger partial charge in [0.05, 0.1) is 6.61 Å². The van der Waals surface area contributed by atoms with Gasteiger partial charge in [-0.1, -0.05) is 12.1 Å². The number of hydrogen-bond acceptors (Lipinski definition) is 4. The Balaban J connectivity index is 2.44. The Morgan fingerprint density at radius 1 is 1.25 bits per heavy atom. The summed E-state index contributed by atoms with van der Waals surface area (Å²) in [5.41, 5.74) is 0.459. The van der Waals surface area contributed by atoms with E-state index in [-0.39, 0.29) is 0 Å². The molecule has 0 aliphatic rings. The molecule has 1 rings (SSSR count). The van der Waals surface area contributed by atoms with Crippen molar-refractivity contribution in [3.63, 3.8) is 0 Å². The molecule has 1 N–H and O–H groups in total. The Labute approximate surface area is 120 Å². The van der Waals surface area contributed by atoms with Crippen LogP contribution in [-0.4, -0.2) is 32.0 Å². The van der Waals surface area contributed by atoms with Crippen LogP contribution in [0.1, 0.15) is 26.3 Å². The van der Waals surface area contributed by atoms with E-state index in [1.54, 1.807) is 7.11 Å². The van der Waals surface area contributed by atoms with Crippen LogP contribution in [0, 0.1) is 0 Å². The van der Waals surface area contributed by atoms with E-state index in [9.17, 15) is 4.79 Å². The Kier molecular flexibility index (Phi) is 6.31. The van der Waals surface area contributed by atoms with Crippen molar-refractivity contribution in [1.82, 2.24) is 5.32 Å². The number of carbonyl (C=O) groups excluding carboxylic acids is 1. The van der Waals surface area contributed by atoms with E-state index in [2.05, 4.69) is 5.32 Å². The fourth-order valence-corrected chi connectivity index (χ4v) is 1.48. The van der Waals surface area contributed by atoms with Crippen LogP contribution in [0.25, 0.3) is 0 Å². The fraction of sp³-hybridized carbons (Fsp3) is 0.533. The first-order valence-electron chi connectivity index (χ1n) is 6.58. The number of alkyl carbamates (subject to hydrolysis) is 1. The maximum atomic E-state index is 11.5. The molecular weight excluding hydrogens is 258 g/mol. The monoisotopic (exact) mass is 281 g/mol. The summed E-state index contributed by atoms with van der Waals surface area (Å²) < 4.78 is 15.6. The molecule has 0 aliphatic heterocycles. The maximum Gasteiger partial charge on any atom is 0.407 e. The molecular formula is C15H23NO4. The van der Waals surface area contributed by atoms with Crippen molar-refractivity contribution in [2.24, 2.45) is 0 Å². The number of nitrogens with one attached hydrogen (secondary N) is 1. The molecule has 5 nitrogen and oxygen atoms in total. The molecule has 0 aliphatic carbocycles. The number of amides is 1. The number of hydrogen-bond donors (Lipinski definition) is 1. The van der Waals surface area contributed by atoms with Gasteiger partial charge in [0.1, 0.15) is 18.0 Å². The lowest BCUT2D eigenvalue weighted by Gasteiger charge is -2.19. The Morgan fingerprint density at radius 3 is 2.65 bits per heavy atom. The van der Waals surface area contributed by atoms with Gasteiger partial charge in [-0.15, -0.1) is 0 Å². The molecule has 5 heteroatoms. The lowest BCUT2D eigenvalue weighted by Crippen LogP contribution is -2.32. The summed E-state index contributed by atoms with van der Waals surface area (Å²) in [6.45, 7) is 6.93. The molecule has 0 saturated heterocycles. The Morgan fingerprint density at radius 2 is 2.00 bits per heavy atom. The van der Waals surface area contributed by atoms with Crippen molar-refractivity contribution >= 4 is 6.09 Å². The number of carbonyl (C=O) groups is 1. The molecule has 20 heavy (non-hydrogen) atoms. The van der Waals surface area contributed by atoms with Crippen LogP contribution in [0.5, 0.6) is 5.75 Å². The van der Waals surface area contributed by atoms with E-state index in [4.69, 9.17) is 14.2 Å². The minimum absolute atomic E-state index is 0.399. The molecule has 0 saturated carbocycles. The van der Waals surface area contributed by atoms with Gasteiger partial charge < -0.3 is 19.5 Å². The highest BCUT2D eigenvalue weighted by atomic mass is 16.6. The molecule has 0 unspecified atom stereocenters. The summed E-state index contributed by atoms with van der Waals surface area (Å²) in [4.78, 5) is 11.5. The predicted octanol–water partition coefficient (Wildman–Crippen LogP) is 2.74. The molecule has 0 bridgehead atoms. The largest absolute Gasteiger partial charge is 0.491 e. The zero-order chi connectivity index (χ0) is 15.0. The van der Waals surface area contributed by atoms with Crippen molar-refractivity contribution in [3.05, 3.63) is 29.8 Å². The lowest BCUT2D eigenvalue weighted by atomic mass is 10.2.